The Morgan fingerprint density at radius 3 is 2.70 bits per heavy atom. The van der Waals surface area contributed by atoms with Crippen LogP contribution in [0.2, 0.25) is 0 Å². The SMILES string of the molecule is CC(=O)c1cc(NCC(C)(C)c2cccs2)ccc1N. The Labute approximate surface area is 123 Å². The van der Waals surface area contributed by atoms with Crippen LogP contribution >= 0.6 is 11.3 Å². The second kappa shape index (κ2) is 5.67. The van der Waals surface area contributed by atoms with Gasteiger partial charge in [-0.25, -0.2) is 0 Å². The van der Waals surface area contributed by atoms with Crippen LogP contribution in [0.4, 0.5) is 11.4 Å². The van der Waals surface area contributed by atoms with Crippen molar-refractivity contribution in [3.8, 4) is 0 Å². The lowest BCUT2D eigenvalue weighted by atomic mass is 9.91. The second-order valence-corrected chi connectivity index (χ2v) is 6.52. The molecule has 2 rings (SSSR count). The number of Topliss-reactive ketones (excluding diaryl/α,β-unsaturated/α-hetero) is 1. The fourth-order valence-electron chi connectivity index (χ4n) is 2.04. The molecule has 0 saturated heterocycles. The van der Waals surface area contributed by atoms with Crippen molar-refractivity contribution < 1.29 is 4.79 Å². The molecule has 0 radical (unpaired) electrons. The molecule has 0 atom stereocenters. The van der Waals surface area contributed by atoms with Gasteiger partial charge < -0.3 is 11.1 Å². The van der Waals surface area contributed by atoms with Crippen LogP contribution in [-0.2, 0) is 5.41 Å². The summed E-state index contributed by atoms with van der Waals surface area (Å²) in [6.45, 7) is 6.74. The minimum Gasteiger partial charge on any atom is -0.398 e. The highest BCUT2D eigenvalue weighted by molar-refractivity contribution is 7.10. The first-order valence-electron chi connectivity index (χ1n) is 6.58. The predicted octanol–water partition coefficient (Wildman–Crippen LogP) is 3.92. The molecule has 0 bridgehead atoms. The Morgan fingerprint density at radius 1 is 1.35 bits per heavy atom. The molecule has 2 aromatic rings. The summed E-state index contributed by atoms with van der Waals surface area (Å²) in [5.74, 6) is -0.0105. The van der Waals surface area contributed by atoms with Crippen LogP contribution in [0.15, 0.2) is 35.7 Å². The smallest absolute Gasteiger partial charge is 0.161 e. The number of benzene rings is 1. The second-order valence-electron chi connectivity index (χ2n) is 5.57. The first kappa shape index (κ1) is 14.6. The van der Waals surface area contributed by atoms with Crippen LogP contribution in [0, 0.1) is 0 Å². The molecule has 0 aliphatic heterocycles. The summed E-state index contributed by atoms with van der Waals surface area (Å²) in [5, 5.41) is 5.49. The van der Waals surface area contributed by atoms with Crippen molar-refractivity contribution >= 4 is 28.5 Å². The molecule has 0 unspecified atom stereocenters. The van der Waals surface area contributed by atoms with Gasteiger partial charge in [0.25, 0.3) is 0 Å². The maximum Gasteiger partial charge on any atom is 0.161 e. The van der Waals surface area contributed by atoms with Gasteiger partial charge >= 0.3 is 0 Å². The fraction of sp³-hybridized carbons (Fsp3) is 0.312. The van der Waals surface area contributed by atoms with Gasteiger partial charge in [0.15, 0.2) is 5.78 Å². The summed E-state index contributed by atoms with van der Waals surface area (Å²) >= 11 is 1.76. The van der Waals surface area contributed by atoms with E-state index in [1.54, 1.807) is 17.4 Å². The zero-order valence-corrected chi connectivity index (χ0v) is 12.9. The highest BCUT2D eigenvalue weighted by Crippen LogP contribution is 2.28. The number of nitrogen functional groups attached to an aromatic ring is 1. The Kier molecular flexibility index (Phi) is 4.14. The quantitative estimate of drug-likeness (QED) is 0.647. The number of nitrogens with two attached hydrogens (primary N) is 1. The number of thiophene rings is 1. The van der Waals surface area contributed by atoms with Crippen molar-refractivity contribution in [2.45, 2.75) is 26.2 Å². The molecule has 3 nitrogen and oxygen atoms in total. The number of rotatable bonds is 5. The van der Waals surface area contributed by atoms with Gasteiger partial charge in [-0.1, -0.05) is 19.9 Å². The van der Waals surface area contributed by atoms with Gasteiger partial charge in [0, 0.05) is 33.8 Å². The molecule has 0 aliphatic carbocycles. The molecule has 0 saturated carbocycles. The molecule has 4 heteroatoms. The van der Waals surface area contributed by atoms with Crippen molar-refractivity contribution in [3.63, 3.8) is 0 Å². The van der Waals surface area contributed by atoms with Crippen LogP contribution in [-0.4, -0.2) is 12.3 Å². The van der Waals surface area contributed by atoms with Crippen molar-refractivity contribution in [1.82, 2.24) is 0 Å². The van der Waals surface area contributed by atoms with E-state index in [0.717, 1.165) is 12.2 Å². The average molecular weight is 288 g/mol. The van der Waals surface area contributed by atoms with Crippen molar-refractivity contribution in [3.05, 3.63) is 46.2 Å². The normalized spacial score (nSPS) is 11.3. The van der Waals surface area contributed by atoms with E-state index in [2.05, 4.69) is 36.7 Å². The number of hydrogen-bond donors (Lipinski definition) is 2. The zero-order valence-electron chi connectivity index (χ0n) is 12.1. The van der Waals surface area contributed by atoms with Crippen LogP contribution in [0.3, 0.4) is 0 Å². The molecular formula is C16H20N2OS. The third kappa shape index (κ3) is 3.20. The lowest BCUT2D eigenvalue weighted by Crippen LogP contribution is -2.26. The monoisotopic (exact) mass is 288 g/mol. The highest BCUT2D eigenvalue weighted by atomic mass is 32.1. The number of carbonyl (C=O) groups excluding carboxylic acids is 1. The maximum absolute atomic E-state index is 11.5. The summed E-state index contributed by atoms with van der Waals surface area (Å²) in [6.07, 6.45) is 0. The van der Waals surface area contributed by atoms with Crippen molar-refractivity contribution in [2.75, 3.05) is 17.6 Å². The van der Waals surface area contributed by atoms with Crippen LogP contribution in [0.1, 0.15) is 36.0 Å². The topological polar surface area (TPSA) is 55.1 Å². The van der Waals surface area contributed by atoms with E-state index < -0.39 is 0 Å². The molecule has 0 amide bonds. The first-order chi connectivity index (χ1) is 9.40. The fourth-order valence-corrected chi connectivity index (χ4v) is 2.90. The van der Waals surface area contributed by atoms with E-state index in [-0.39, 0.29) is 11.2 Å². The predicted molar refractivity (Wildman–Crippen MR) is 86.7 cm³/mol. The van der Waals surface area contributed by atoms with Gasteiger partial charge in [0.1, 0.15) is 0 Å². The van der Waals surface area contributed by atoms with E-state index in [1.165, 1.54) is 11.8 Å². The van der Waals surface area contributed by atoms with Gasteiger partial charge in [-0.05, 0) is 36.6 Å². The molecule has 0 aliphatic rings. The Balaban J connectivity index is 2.11. The largest absolute Gasteiger partial charge is 0.398 e. The number of carbonyl (C=O) groups is 1. The summed E-state index contributed by atoms with van der Waals surface area (Å²) < 4.78 is 0. The summed E-state index contributed by atoms with van der Waals surface area (Å²) in [7, 11) is 0. The third-order valence-corrected chi connectivity index (χ3v) is 4.59. The molecule has 20 heavy (non-hydrogen) atoms. The zero-order chi connectivity index (χ0) is 14.8. The minimum absolute atomic E-state index is 0.0105. The van der Waals surface area contributed by atoms with Crippen molar-refractivity contribution in [2.24, 2.45) is 0 Å². The van der Waals surface area contributed by atoms with Crippen LogP contribution in [0.25, 0.3) is 0 Å². The number of hydrogen-bond acceptors (Lipinski definition) is 4. The molecule has 1 aromatic carbocycles. The van der Waals surface area contributed by atoms with Gasteiger partial charge in [-0.15, -0.1) is 11.3 Å². The van der Waals surface area contributed by atoms with Gasteiger partial charge in [0.05, 0.1) is 0 Å². The standard InChI is InChI=1S/C16H20N2OS/c1-11(19)13-9-12(6-7-14(13)17)18-10-16(2,3)15-5-4-8-20-15/h4-9,18H,10,17H2,1-3H3. The molecule has 0 fully saturated rings. The van der Waals surface area contributed by atoms with E-state index in [9.17, 15) is 4.79 Å². The molecule has 1 heterocycles. The Bertz CT molecular complexity index is 603. The Hall–Kier alpha value is -1.81. The molecular weight excluding hydrogens is 268 g/mol. The van der Waals surface area contributed by atoms with Gasteiger partial charge in [0.2, 0.25) is 0 Å². The molecule has 3 N–H and O–H groups in total. The van der Waals surface area contributed by atoms with Gasteiger partial charge in [-0.3, -0.25) is 4.79 Å². The van der Waals surface area contributed by atoms with Crippen molar-refractivity contribution in [1.29, 1.82) is 0 Å². The lowest BCUT2D eigenvalue weighted by molar-refractivity contribution is 0.101. The molecule has 106 valence electrons. The highest BCUT2D eigenvalue weighted by Gasteiger charge is 2.21. The summed E-state index contributed by atoms with van der Waals surface area (Å²) in [6, 6.07) is 9.72. The number of anilines is 2. The molecule has 0 spiro atoms. The van der Waals surface area contributed by atoms with E-state index in [0.29, 0.717) is 11.3 Å². The number of ketones is 1. The lowest BCUT2D eigenvalue weighted by Gasteiger charge is -2.24. The van der Waals surface area contributed by atoms with Crippen LogP contribution < -0.4 is 11.1 Å². The average Bonchev–Trinajstić information content (AvgIpc) is 2.92. The van der Waals surface area contributed by atoms with E-state index in [1.807, 2.05) is 12.1 Å². The summed E-state index contributed by atoms with van der Waals surface area (Å²) in [4.78, 5) is 12.8. The first-order valence-corrected chi connectivity index (χ1v) is 7.46. The van der Waals surface area contributed by atoms with Crippen LogP contribution in [0.5, 0.6) is 0 Å². The summed E-state index contributed by atoms with van der Waals surface area (Å²) in [5.41, 5.74) is 7.88. The third-order valence-electron chi connectivity index (χ3n) is 3.36. The Morgan fingerprint density at radius 2 is 2.10 bits per heavy atom. The van der Waals surface area contributed by atoms with Gasteiger partial charge in [-0.2, -0.15) is 0 Å². The minimum atomic E-state index is -0.0105. The van der Waals surface area contributed by atoms with E-state index >= 15 is 0 Å². The maximum atomic E-state index is 11.5. The number of nitrogens with one attached hydrogen (secondary N) is 1. The van der Waals surface area contributed by atoms with E-state index in [4.69, 9.17) is 5.73 Å². The molecule has 1 aromatic heterocycles.